The van der Waals surface area contributed by atoms with Gasteiger partial charge in [-0.25, -0.2) is 13.8 Å². The number of benzene rings is 2. The molecule has 0 aliphatic rings. The van der Waals surface area contributed by atoms with Gasteiger partial charge < -0.3 is 15.5 Å². The van der Waals surface area contributed by atoms with Gasteiger partial charge in [-0.15, -0.1) is 0 Å². The predicted octanol–water partition coefficient (Wildman–Crippen LogP) is 4.40. The van der Waals surface area contributed by atoms with E-state index in [0.29, 0.717) is 23.9 Å². The van der Waals surface area contributed by atoms with Gasteiger partial charge >= 0.3 is 0 Å². The van der Waals surface area contributed by atoms with Crippen LogP contribution >= 0.6 is 0 Å². The lowest BCUT2D eigenvalue weighted by Gasteiger charge is -2.13. The zero-order valence-corrected chi connectivity index (χ0v) is 16.6. The average Bonchev–Trinajstić information content (AvgIpc) is 2.72. The van der Waals surface area contributed by atoms with Gasteiger partial charge in [0.1, 0.15) is 5.82 Å². The van der Waals surface area contributed by atoms with Crippen LogP contribution in [-0.4, -0.2) is 42.1 Å². The lowest BCUT2D eigenvalue weighted by molar-refractivity contribution is 0.405. The van der Waals surface area contributed by atoms with Crippen molar-refractivity contribution in [3.63, 3.8) is 0 Å². The van der Waals surface area contributed by atoms with Crippen LogP contribution in [0.3, 0.4) is 0 Å². The summed E-state index contributed by atoms with van der Waals surface area (Å²) in [5.74, 6) is -0.580. The summed E-state index contributed by atoms with van der Waals surface area (Å²) >= 11 is 0. The zero-order chi connectivity index (χ0) is 20.6. The molecule has 3 rings (SSSR count). The van der Waals surface area contributed by atoms with Gasteiger partial charge in [0.05, 0.1) is 5.69 Å². The fourth-order valence-electron chi connectivity index (χ4n) is 2.81. The van der Waals surface area contributed by atoms with E-state index in [1.165, 1.54) is 6.07 Å². The topological polar surface area (TPSA) is 53.1 Å². The molecule has 29 heavy (non-hydrogen) atoms. The predicted molar refractivity (Wildman–Crippen MR) is 113 cm³/mol. The molecule has 0 unspecified atom stereocenters. The van der Waals surface area contributed by atoms with Crippen molar-refractivity contribution in [1.29, 1.82) is 0 Å². The molecule has 0 fully saturated rings. The van der Waals surface area contributed by atoms with E-state index < -0.39 is 11.6 Å². The number of nitrogens with one attached hydrogen (secondary N) is 2. The van der Waals surface area contributed by atoms with Crippen LogP contribution in [0.5, 0.6) is 0 Å². The highest BCUT2D eigenvalue weighted by atomic mass is 19.2. The second-order valence-corrected chi connectivity index (χ2v) is 7.01. The van der Waals surface area contributed by atoms with E-state index in [-0.39, 0.29) is 0 Å². The van der Waals surface area contributed by atoms with Crippen molar-refractivity contribution in [3.05, 3.63) is 71.8 Å². The minimum atomic E-state index is -0.861. The van der Waals surface area contributed by atoms with E-state index >= 15 is 0 Å². The van der Waals surface area contributed by atoms with Gasteiger partial charge in [-0.1, -0.05) is 36.4 Å². The lowest BCUT2D eigenvalue weighted by Crippen LogP contribution is -2.17. The first-order valence-electron chi connectivity index (χ1n) is 9.52. The van der Waals surface area contributed by atoms with Crippen molar-refractivity contribution in [2.75, 3.05) is 37.8 Å². The number of anilines is 2. The molecule has 152 valence electrons. The number of rotatable bonds is 9. The molecule has 2 aromatic carbocycles. The van der Waals surface area contributed by atoms with Crippen LogP contribution in [0, 0.1) is 11.6 Å². The highest BCUT2D eigenvalue weighted by Gasteiger charge is 2.08. The van der Waals surface area contributed by atoms with Gasteiger partial charge in [-0.05, 0) is 44.8 Å². The summed E-state index contributed by atoms with van der Waals surface area (Å²) in [6, 6.07) is 15.5. The molecule has 0 aliphatic carbocycles. The molecule has 0 aliphatic heterocycles. The minimum Gasteiger partial charge on any atom is -0.366 e. The summed E-state index contributed by atoms with van der Waals surface area (Å²) in [4.78, 5) is 11.3. The molecule has 0 bridgehead atoms. The Morgan fingerprint density at radius 1 is 0.897 bits per heavy atom. The highest BCUT2D eigenvalue weighted by Crippen LogP contribution is 2.22. The molecular formula is C22H25F2N5. The Kier molecular flexibility index (Phi) is 7.08. The molecule has 0 atom stereocenters. The summed E-state index contributed by atoms with van der Waals surface area (Å²) in [5.41, 5.74) is 2.38. The normalized spacial score (nSPS) is 10.9. The van der Waals surface area contributed by atoms with Gasteiger partial charge in [-0.3, -0.25) is 0 Å². The van der Waals surface area contributed by atoms with Crippen LogP contribution < -0.4 is 10.6 Å². The highest BCUT2D eigenvalue weighted by molar-refractivity contribution is 5.64. The molecule has 1 heterocycles. The van der Waals surface area contributed by atoms with Gasteiger partial charge in [-0.2, -0.15) is 4.98 Å². The summed E-state index contributed by atoms with van der Waals surface area (Å²) in [6.45, 7) is 2.04. The molecule has 0 saturated carbocycles. The first-order chi connectivity index (χ1) is 14.0. The fourth-order valence-corrected chi connectivity index (χ4v) is 2.81. The molecule has 1 aromatic heterocycles. The largest absolute Gasteiger partial charge is 0.366 e. The molecule has 5 nitrogen and oxygen atoms in total. The third kappa shape index (κ3) is 6.22. The SMILES string of the molecule is CN(C)CCCNc1nc(NCc2ccc(F)c(F)c2)cc(-c2ccccc2)n1. The van der Waals surface area contributed by atoms with Crippen molar-refractivity contribution in [3.8, 4) is 11.3 Å². The minimum absolute atomic E-state index is 0.322. The van der Waals surface area contributed by atoms with E-state index in [0.717, 1.165) is 36.8 Å². The van der Waals surface area contributed by atoms with Crippen molar-refractivity contribution in [2.45, 2.75) is 13.0 Å². The van der Waals surface area contributed by atoms with E-state index in [2.05, 4.69) is 25.5 Å². The van der Waals surface area contributed by atoms with Crippen LogP contribution in [0.2, 0.25) is 0 Å². The van der Waals surface area contributed by atoms with E-state index in [1.807, 2.05) is 50.5 Å². The van der Waals surface area contributed by atoms with E-state index in [9.17, 15) is 8.78 Å². The maximum atomic E-state index is 13.4. The Morgan fingerprint density at radius 3 is 2.41 bits per heavy atom. The van der Waals surface area contributed by atoms with Gasteiger partial charge in [0.25, 0.3) is 0 Å². The molecule has 0 spiro atoms. The van der Waals surface area contributed by atoms with Crippen LogP contribution in [0.1, 0.15) is 12.0 Å². The molecule has 0 amide bonds. The fraction of sp³-hybridized carbons (Fsp3) is 0.273. The van der Waals surface area contributed by atoms with Crippen molar-refractivity contribution in [1.82, 2.24) is 14.9 Å². The molecule has 2 N–H and O–H groups in total. The average molecular weight is 397 g/mol. The Labute approximate surface area is 169 Å². The number of halogens is 2. The Morgan fingerprint density at radius 2 is 1.69 bits per heavy atom. The summed E-state index contributed by atoms with van der Waals surface area (Å²) in [7, 11) is 4.07. The number of hydrogen-bond donors (Lipinski definition) is 2. The third-order valence-corrected chi connectivity index (χ3v) is 4.32. The van der Waals surface area contributed by atoms with E-state index in [4.69, 9.17) is 0 Å². The van der Waals surface area contributed by atoms with Crippen molar-refractivity contribution in [2.24, 2.45) is 0 Å². The second-order valence-electron chi connectivity index (χ2n) is 7.01. The number of nitrogens with zero attached hydrogens (tertiary/aromatic N) is 3. The lowest BCUT2D eigenvalue weighted by atomic mass is 10.1. The smallest absolute Gasteiger partial charge is 0.225 e. The molecule has 0 saturated heterocycles. The summed E-state index contributed by atoms with van der Waals surface area (Å²) in [5, 5.41) is 6.45. The molecular weight excluding hydrogens is 372 g/mol. The zero-order valence-electron chi connectivity index (χ0n) is 16.6. The maximum absolute atomic E-state index is 13.4. The van der Waals surface area contributed by atoms with Crippen LogP contribution in [0.4, 0.5) is 20.5 Å². The Bertz CT molecular complexity index is 932. The summed E-state index contributed by atoms with van der Waals surface area (Å²) in [6.07, 6.45) is 0.962. The van der Waals surface area contributed by atoms with Crippen LogP contribution in [0.25, 0.3) is 11.3 Å². The van der Waals surface area contributed by atoms with Gasteiger partial charge in [0.15, 0.2) is 11.6 Å². The molecule has 7 heteroatoms. The van der Waals surface area contributed by atoms with Crippen LogP contribution in [0.15, 0.2) is 54.6 Å². The first-order valence-corrected chi connectivity index (χ1v) is 9.52. The Balaban J connectivity index is 1.76. The Hall–Kier alpha value is -3.06. The van der Waals surface area contributed by atoms with Crippen molar-refractivity contribution < 1.29 is 8.78 Å². The quantitative estimate of drug-likeness (QED) is 0.524. The van der Waals surface area contributed by atoms with Gasteiger partial charge in [0.2, 0.25) is 5.95 Å². The monoisotopic (exact) mass is 397 g/mol. The van der Waals surface area contributed by atoms with E-state index in [1.54, 1.807) is 6.07 Å². The first kappa shape index (κ1) is 20.7. The molecule has 3 aromatic rings. The number of hydrogen-bond acceptors (Lipinski definition) is 5. The second kappa shape index (κ2) is 9.93. The standard InChI is InChI=1S/C22H25F2N5/c1-29(2)12-6-11-25-22-27-20(17-7-4-3-5-8-17)14-21(28-22)26-15-16-9-10-18(23)19(24)13-16/h3-5,7-10,13-14H,6,11-12,15H2,1-2H3,(H2,25,26,27,28). The molecule has 0 radical (unpaired) electrons. The maximum Gasteiger partial charge on any atom is 0.225 e. The number of aromatic nitrogens is 2. The van der Waals surface area contributed by atoms with Crippen LogP contribution in [-0.2, 0) is 6.54 Å². The third-order valence-electron chi connectivity index (χ3n) is 4.32. The summed E-state index contributed by atoms with van der Waals surface area (Å²) < 4.78 is 26.6. The van der Waals surface area contributed by atoms with Crippen molar-refractivity contribution >= 4 is 11.8 Å². The van der Waals surface area contributed by atoms with Gasteiger partial charge in [0, 0.05) is 24.7 Å².